The van der Waals surface area contributed by atoms with Gasteiger partial charge in [-0.05, 0) is 55.0 Å². The number of rotatable bonds is 6. The predicted octanol–water partition coefficient (Wildman–Crippen LogP) is 3.58. The molecule has 2 amide bonds. The molecular weight excluding hydrogens is 311 g/mol. The standard InChI is InChI=1S/C18H19FN2O3/c1-3-17(24-16-10-4-13(19)5-11-16)18(23)21-15-8-6-14(7-9-15)20-12(2)22/h4-11,17H,3H2,1-2H3,(H,20,22)(H,21,23)/t17-/m0/s1. The third-order valence-corrected chi connectivity index (χ3v) is 3.23. The molecule has 2 aromatic rings. The summed E-state index contributed by atoms with van der Waals surface area (Å²) in [5, 5.41) is 5.40. The number of hydrogen-bond donors (Lipinski definition) is 2. The average molecular weight is 330 g/mol. The van der Waals surface area contributed by atoms with Crippen molar-refractivity contribution in [3.8, 4) is 5.75 Å². The lowest BCUT2D eigenvalue weighted by atomic mass is 10.2. The van der Waals surface area contributed by atoms with Crippen LogP contribution in [0.3, 0.4) is 0 Å². The highest BCUT2D eigenvalue weighted by molar-refractivity contribution is 5.95. The van der Waals surface area contributed by atoms with Gasteiger partial charge in [-0.1, -0.05) is 6.92 Å². The maximum Gasteiger partial charge on any atom is 0.265 e. The number of carbonyl (C=O) groups is 2. The van der Waals surface area contributed by atoms with Gasteiger partial charge in [-0.2, -0.15) is 0 Å². The minimum atomic E-state index is -0.689. The lowest BCUT2D eigenvalue weighted by Gasteiger charge is -2.17. The molecule has 126 valence electrons. The van der Waals surface area contributed by atoms with Crippen molar-refractivity contribution < 1.29 is 18.7 Å². The van der Waals surface area contributed by atoms with Crippen molar-refractivity contribution in [3.05, 3.63) is 54.3 Å². The van der Waals surface area contributed by atoms with Crippen molar-refractivity contribution in [2.75, 3.05) is 10.6 Å². The largest absolute Gasteiger partial charge is 0.481 e. The summed E-state index contributed by atoms with van der Waals surface area (Å²) in [6.45, 7) is 3.25. The molecule has 2 N–H and O–H groups in total. The summed E-state index contributed by atoms with van der Waals surface area (Å²) in [6, 6.07) is 12.3. The van der Waals surface area contributed by atoms with Crippen LogP contribution in [0.5, 0.6) is 5.75 Å². The van der Waals surface area contributed by atoms with Crippen molar-refractivity contribution in [3.63, 3.8) is 0 Å². The Labute approximate surface area is 139 Å². The molecular formula is C18H19FN2O3. The highest BCUT2D eigenvalue weighted by Crippen LogP contribution is 2.17. The Morgan fingerprint density at radius 3 is 2.04 bits per heavy atom. The van der Waals surface area contributed by atoms with Crippen LogP contribution in [0.1, 0.15) is 20.3 Å². The minimum absolute atomic E-state index is 0.162. The fraction of sp³-hybridized carbons (Fsp3) is 0.222. The summed E-state index contributed by atoms with van der Waals surface area (Å²) in [4.78, 5) is 23.3. The Hall–Kier alpha value is -2.89. The van der Waals surface area contributed by atoms with Crippen LogP contribution in [-0.2, 0) is 9.59 Å². The Kier molecular flexibility index (Phi) is 5.89. The molecule has 2 aromatic carbocycles. The van der Waals surface area contributed by atoms with E-state index in [1.165, 1.54) is 31.2 Å². The second-order valence-electron chi connectivity index (χ2n) is 5.22. The summed E-state index contributed by atoms with van der Waals surface area (Å²) in [5.74, 6) is -0.391. The van der Waals surface area contributed by atoms with Crippen LogP contribution in [0.25, 0.3) is 0 Å². The lowest BCUT2D eigenvalue weighted by molar-refractivity contribution is -0.122. The summed E-state index contributed by atoms with van der Waals surface area (Å²) < 4.78 is 18.5. The van der Waals surface area contributed by atoms with Gasteiger partial charge in [-0.25, -0.2) is 4.39 Å². The Morgan fingerprint density at radius 1 is 1.00 bits per heavy atom. The van der Waals surface area contributed by atoms with Gasteiger partial charge in [-0.3, -0.25) is 9.59 Å². The zero-order valence-electron chi connectivity index (χ0n) is 13.5. The van der Waals surface area contributed by atoms with Crippen LogP contribution in [0.15, 0.2) is 48.5 Å². The molecule has 24 heavy (non-hydrogen) atoms. The fourth-order valence-electron chi connectivity index (χ4n) is 2.06. The van der Waals surface area contributed by atoms with Crippen LogP contribution in [0, 0.1) is 5.82 Å². The number of anilines is 2. The Bertz CT molecular complexity index is 699. The molecule has 0 aliphatic carbocycles. The van der Waals surface area contributed by atoms with Gasteiger partial charge in [0.25, 0.3) is 5.91 Å². The summed E-state index contributed by atoms with van der Waals surface area (Å²) in [7, 11) is 0. The highest BCUT2D eigenvalue weighted by Gasteiger charge is 2.18. The average Bonchev–Trinajstić information content (AvgIpc) is 2.55. The minimum Gasteiger partial charge on any atom is -0.481 e. The van der Waals surface area contributed by atoms with Crippen molar-refractivity contribution in [1.82, 2.24) is 0 Å². The summed E-state index contributed by atoms with van der Waals surface area (Å²) in [5.41, 5.74) is 1.24. The molecule has 0 unspecified atom stereocenters. The number of ether oxygens (including phenoxy) is 1. The van der Waals surface area contributed by atoms with E-state index in [1.54, 1.807) is 24.3 Å². The first-order chi connectivity index (χ1) is 11.5. The van der Waals surface area contributed by atoms with Crippen LogP contribution in [-0.4, -0.2) is 17.9 Å². The van der Waals surface area contributed by atoms with Gasteiger partial charge < -0.3 is 15.4 Å². The number of nitrogens with one attached hydrogen (secondary N) is 2. The molecule has 0 saturated carbocycles. The first-order valence-electron chi connectivity index (χ1n) is 7.58. The number of amides is 2. The van der Waals surface area contributed by atoms with E-state index < -0.39 is 6.10 Å². The van der Waals surface area contributed by atoms with Crippen LogP contribution in [0.4, 0.5) is 15.8 Å². The molecule has 5 nitrogen and oxygen atoms in total. The second kappa shape index (κ2) is 8.10. The molecule has 0 aliphatic heterocycles. The zero-order valence-corrected chi connectivity index (χ0v) is 13.5. The van der Waals surface area contributed by atoms with Crippen molar-refractivity contribution >= 4 is 23.2 Å². The molecule has 0 radical (unpaired) electrons. The van der Waals surface area contributed by atoms with Gasteiger partial charge in [0.15, 0.2) is 6.10 Å². The van der Waals surface area contributed by atoms with E-state index in [0.717, 1.165) is 0 Å². The van der Waals surface area contributed by atoms with Gasteiger partial charge in [0.1, 0.15) is 11.6 Å². The van der Waals surface area contributed by atoms with Gasteiger partial charge in [0, 0.05) is 18.3 Å². The number of benzene rings is 2. The third kappa shape index (κ3) is 5.08. The van der Waals surface area contributed by atoms with E-state index in [1.807, 2.05) is 6.92 Å². The Balaban J connectivity index is 1.98. The molecule has 2 rings (SSSR count). The second-order valence-corrected chi connectivity index (χ2v) is 5.22. The van der Waals surface area contributed by atoms with Crippen LogP contribution < -0.4 is 15.4 Å². The number of hydrogen-bond acceptors (Lipinski definition) is 3. The maximum atomic E-state index is 12.9. The summed E-state index contributed by atoms with van der Waals surface area (Å²) >= 11 is 0. The van der Waals surface area contributed by atoms with E-state index in [9.17, 15) is 14.0 Å². The predicted molar refractivity (Wildman–Crippen MR) is 90.5 cm³/mol. The van der Waals surface area contributed by atoms with Gasteiger partial charge in [0.2, 0.25) is 5.91 Å². The van der Waals surface area contributed by atoms with Crippen LogP contribution >= 0.6 is 0 Å². The molecule has 6 heteroatoms. The van der Waals surface area contributed by atoms with Crippen molar-refractivity contribution in [1.29, 1.82) is 0 Å². The summed E-state index contributed by atoms with van der Waals surface area (Å²) in [6.07, 6.45) is -0.224. The first kappa shape index (κ1) is 17.5. The smallest absolute Gasteiger partial charge is 0.265 e. The third-order valence-electron chi connectivity index (χ3n) is 3.23. The number of halogens is 1. The van der Waals surface area contributed by atoms with E-state index in [4.69, 9.17) is 4.74 Å². The van der Waals surface area contributed by atoms with Crippen LogP contribution in [0.2, 0.25) is 0 Å². The zero-order chi connectivity index (χ0) is 17.5. The quantitative estimate of drug-likeness (QED) is 0.851. The monoisotopic (exact) mass is 330 g/mol. The molecule has 1 atom stereocenters. The molecule has 0 bridgehead atoms. The van der Waals surface area contributed by atoms with E-state index >= 15 is 0 Å². The van der Waals surface area contributed by atoms with E-state index in [-0.39, 0.29) is 17.6 Å². The van der Waals surface area contributed by atoms with Gasteiger partial charge in [0.05, 0.1) is 0 Å². The van der Waals surface area contributed by atoms with Crippen molar-refractivity contribution in [2.45, 2.75) is 26.4 Å². The first-order valence-corrected chi connectivity index (χ1v) is 7.58. The Morgan fingerprint density at radius 2 is 1.54 bits per heavy atom. The maximum absolute atomic E-state index is 12.9. The molecule has 0 spiro atoms. The molecule has 0 aliphatic rings. The SMILES string of the molecule is CC[C@H](Oc1ccc(F)cc1)C(=O)Nc1ccc(NC(C)=O)cc1. The van der Waals surface area contributed by atoms with Crippen molar-refractivity contribution in [2.24, 2.45) is 0 Å². The highest BCUT2D eigenvalue weighted by atomic mass is 19.1. The topological polar surface area (TPSA) is 67.4 Å². The normalized spacial score (nSPS) is 11.5. The lowest BCUT2D eigenvalue weighted by Crippen LogP contribution is -2.32. The van der Waals surface area contributed by atoms with E-state index in [2.05, 4.69) is 10.6 Å². The number of carbonyl (C=O) groups excluding carboxylic acids is 2. The molecule has 0 aromatic heterocycles. The molecule has 0 saturated heterocycles. The van der Waals surface area contributed by atoms with Gasteiger partial charge in [-0.15, -0.1) is 0 Å². The molecule has 0 heterocycles. The van der Waals surface area contributed by atoms with E-state index in [0.29, 0.717) is 23.5 Å². The molecule has 0 fully saturated rings. The fourth-order valence-corrected chi connectivity index (χ4v) is 2.06. The van der Waals surface area contributed by atoms with Gasteiger partial charge >= 0.3 is 0 Å².